The molecule has 4 aliphatic carbocycles. The quantitative estimate of drug-likeness (QED) is 0.293. The van der Waals surface area contributed by atoms with Gasteiger partial charge in [-0.15, -0.1) is 0 Å². The minimum absolute atomic E-state index is 0.0990. The summed E-state index contributed by atoms with van der Waals surface area (Å²) in [5.74, 6) is 2.40. The van der Waals surface area contributed by atoms with E-state index in [0.29, 0.717) is 35.4 Å². The second-order valence-corrected chi connectivity index (χ2v) is 10.4. The smallest absolute Gasteiger partial charge is 0.119 e. The van der Waals surface area contributed by atoms with Crippen LogP contribution in [0.4, 0.5) is 11.4 Å². The Kier molecular flexibility index (Phi) is 6.67. The number of anilines is 2. The number of benzene rings is 1. The summed E-state index contributed by atoms with van der Waals surface area (Å²) < 4.78 is 0. The number of hydrogen-bond acceptors (Lipinski definition) is 6. The number of amidine groups is 1. The molecule has 7 atom stereocenters. The molecule has 0 saturated heterocycles. The lowest BCUT2D eigenvalue weighted by Crippen LogP contribution is -2.45. The van der Waals surface area contributed by atoms with E-state index < -0.39 is 0 Å². The molecule has 5 unspecified atom stereocenters. The number of nitrogens with two attached hydrogens (primary N) is 3. The fourth-order valence-corrected chi connectivity index (χ4v) is 6.57. The van der Waals surface area contributed by atoms with Crippen LogP contribution >= 0.6 is 0 Å². The predicted octanol–water partition coefficient (Wildman–Crippen LogP) is 1.98. The molecule has 4 bridgehead atoms. The standard InChI is InChI=1S/C25H40N6O/c1-30(2)8-9-31(3)18-4-5-21(27)19(14-18)24-16-10-15-12-20(24)25(29-23(28)6-7-26)17(11-16)13-22(15)32/h4-7,14-17,20,22,24-25,32H,8-13,26-27H2,1-3H3,(H2,28,29)/b7-6-/t15?,16?,17?,20?,22-,24?,25-/m0/s1. The van der Waals surface area contributed by atoms with Crippen LogP contribution in [0.15, 0.2) is 35.5 Å². The van der Waals surface area contributed by atoms with Crippen molar-refractivity contribution in [3.05, 3.63) is 36.0 Å². The van der Waals surface area contributed by atoms with Crippen molar-refractivity contribution < 1.29 is 5.11 Å². The zero-order valence-electron chi connectivity index (χ0n) is 19.7. The molecule has 7 nitrogen and oxygen atoms in total. The first-order chi connectivity index (χ1) is 15.3. The molecule has 0 amide bonds. The van der Waals surface area contributed by atoms with Crippen LogP contribution in [0.3, 0.4) is 0 Å². The Labute approximate surface area is 192 Å². The Bertz CT molecular complexity index is 868. The highest BCUT2D eigenvalue weighted by Gasteiger charge is 2.54. The van der Waals surface area contributed by atoms with E-state index in [1.54, 1.807) is 6.08 Å². The molecule has 0 aromatic heterocycles. The van der Waals surface area contributed by atoms with Gasteiger partial charge < -0.3 is 32.1 Å². The summed E-state index contributed by atoms with van der Waals surface area (Å²) in [6.07, 6.45) is 6.83. The van der Waals surface area contributed by atoms with Gasteiger partial charge in [-0.05, 0) is 105 Å². The number of fused-ring (bicyclic) bond motifs is 1. The molecule has 5 rings (SSSR count). The predicted molar refractivity (Wildman–Crippen MR) is 133 cm³/mol. The van der Waals surface area contributed by atoms with Crippen LogP contribution in [0, 0.1) is 23.7 Å². The SMILES string of the molecule is CN(C)CCN(C)c1ccc(N)c(C2C3CC4C[C@H](O)C(C3)CC2[C@H]4N=C(N)/C=C\N)c1. The number of aliphatic imine (C=N–C) groups is 1. The van der Waals surface area contributed by atoms with Crippen molar-refractivity contribution in [1.82, 2.24) is 4.90 Å². The average Bonchev–Trinajstić information content (AvgIpc) is 2.92. The minimum Gasteiger partial charge on any atom is -0.404 e. The van der Waals surface area contributed by atoms with Gasteiger partial charge >= 0.3 is 0 Å². The summed E-state index contributed by atoms with van der Waals surface area (Å²) in [6, 6.07) is 6.59. The molecule has 32 heavy (non-hydrogen) atoms. The third kappa shape index (κ3) is 4.46. The van der Waals surface area contributed by atoms with Crippen molar-refractivity contribution in [2.75, 3.05) is 44.9 Å². The van der Waals surface area contributed by atoms with Crippen molar-refractivity contribution in [1.29, 1.82) is 0 Å². The highest BCUT2D eigenvalue weighted by Crippen LogP contribution is 2.59. The van der Waals surface area contributed by atoms with E-state index in [1.807, 2.05) is 0 Å². The maximum atomic E-state index is 10.8. The molecular weight excluding hydrogens is 400 g/mol. The molecule has 4 saturated carbocycles. The zero-order chi connectivity index (χ0) is 23.0. The molecule has 4 fully saturated rings. The zero-order valence-corrected chi connectivity index (χ0v) is 19.7. The molecule has 0 radical (unpaired) electrons. The molecule has 4 aliphatic rings. The maximum Gasteiger partial charge on any atom is 0.119 e. The number of aliphatic hydroxyl groups excluding tert-OH is 1. The number of likely N-dealkylation sites (N-methyl/N-ethyl adjacent to an activating group) is 2. The van der Waals surface area contributed by atoms with Crippen LogP contribution in [0.1, 0.15) is 37.2 Å². The van der Waals surface area contributed by atoms with Crippen LogP contribution in [-0.4, -0.2) is 62.2 Å². The number of nitrogens with zero attached hydrogens (tertiary/aromatic N) is 3. The Morgan fingerprint density at radius 2 is 1.84 bits per heavy atom. The Balaban J connectivity index is 1.69. The maximum absolute atomic E-state index is 10.8. The van der Waals surface area contributed by atoms with Crippen molar-refractivity contribution in [2.24, 2.45) is 40.1 Å². The number of nitrogen functional groups attached to an aromatic ring is 1. The summed E-state index contributed by atoms with van der Waals surface area (Å²) >= 11 is 0. The highest BCUT2D eigenvalue weighted by molar-refractivity contribution is 5.91. The third-order valence-corrected chi connectivity index (χ3v) is 8.08. The van der Waals surface area contributed by atoms with Crippen molar-refractivity contribution in [3.8, 4) is 0 Å². The molecule has 1 aromatic carbocycles. The van der Waals surface area contributed by atoms with Crippen LogP contribution in [0.5, 0.6) is 0 Å². The summed E-state index contributed by atoms with van der Waals surface area (Å²) in [5, 5.41) is 10.8. The van der Waals surface area contributed by atoms with E-state index in [9.17, 15) is 5.11 Å². The Morgan fingerprint density at radius 3 is 2.56 bits per heavy atom. The van der Waals surface area contributed by atoms with Gasteiger partial charge in [0.05, 0.1) is 12.1 Å². The molecule has 7 heteroatoms. The van der Waals surface area contributed by atoms with E-state index in [2.05, 4.69) is 49.1 Å². The lowest BCUT2D eigenvalue weighted by atomic mass is 9.57. The molecular formula is C25H40N6O. The molecule has 7 N–H and O–H groups in total. The topological polar surface area (TPSA) is 117 Å². The van der Waals surface area contributed by atoms with Gasteiger partial charge in [0.1, 0.15) is 5.84 Å². The van der Waals surface area contributed by atoms with Crippen molar-refractivity contribution >= 4 is 17.2 Å². The van der Waals surface area contributed by atoms with Crippen molar-refractivity contribution in [2.45, 2.75) is 43.7 Å². The number of hydrogen-bond donors (Lipinski definition) is 4. The first kappa shape index (κ1) is 22.9. The molecule has 0 heterocycles. The van der Waals surface area contributed by atoms with Crippen LogP contribution in [0.2, 0.25) is 0 Å². The van der Waals surface area contributed by atoms with E-state index in [1.165, 1.54) is 17.5 Å². The second-order valence-electron chi connectivity index (χ2n) is 10.4. The van der Waals surface area contributed by atoms with E-state index in [0.717, 1.165) is 44.5 Å². The Morgan fingerprint density at radius 1 is 1.09 bits per heavy atom. The molecule has 1 aromatic rings. The lowest BCUT2D eigenvalue weighted by molar-refractivity contribution is 0.0492. The summed E-state index contributed by atoms with van der Waals surface area (Å²) in [6.45, 7) is 1.95. The van der Waals surface area contributed by atoms with Crippen LogP contribution in [-0.2, 0) is 0 Å². The number of aliphatic hydroxyl groups is 1. The largest absolute Gasteiger partial charge is 0.404 e. The van der Waals surface area contributed by atoms with E-state index in [-0.39, 0.29) is 12.1 Å². The van der Waals surface area contributed by atoms with Gasteiger partial charge in [-0.2, -0.15) is 0 Å². The Hall–Kier alpha value is -2.25. The van der Waals surface area contributed by atoms with Gasteiger partial charge in [0.15, 0.2) is 0 Å². The van der Waals surface area contributed by atoms with Crippen LogP contribution in [0.25, 0.3) is 0 Å². The second kappa shape index (κ2) is 9.32. The summed E-state index contributed by atoms with van der Waals surface area (Å²) in [4.78, 5) is 9.43. The molecule has 176 valence electrons. The van der Waals surface area contributed by atoms with Gasteiger partial charge in [0.2, 0.25) is 0 Å². The fourth-order valence-electron chi connectivity index (χ4n) is 6.57. The first-order valence-corrected chi connectivity index (χ1v) is 11.9. The number of rotatable bonds is 7. The van der Waals surface area contributed by atoms with Crippen molar-refractivity contribution in [3.63, 3.8) is 0 Å². The minimum atomic E-state index is -0.235. The van der Waals surface area contributed by atoms with E-state index >= 15 is 0 Å². The van der Waals surface area contributed by atoms with Gasteiger partial charge in [-0.25, -0.2) is 0 Å². The average molecular weight is 441 g/mol. The molecule has 0 spiro atoms. The monoisotopic (exact) mass is 440 g/mol. The van der Waals surface area contributed by atoms with Gasteiger partial charge in [0.25, 0.3) is 0 Å². The third-order valence-electron chi connectivity index (χ3n) is 8.08. The summed E-state index contributed by atoms with van der Waals surface area (Å²) in [5.41, 5.74) is 21.6. The van der Waals surface area contributed by atoms with Crippen LogP contribution < -0.4 is 22.1 Å². The first-order valence-electron chi connectivity index (χ1n) is 11.9. The fraction of sp³-hybridized carbons (Fsp3) is 0.640. The normalized spacial score (nSPS) is 34.4. The highest BCUT2D eigenvalue weighted by atomic mass is 16.3. The molecule has 0 aliphatic heterocycles. The van der Waals surface area contributed by atoms with Gasteiger partial charge in [0, 0.05) is 31.5 Å². The lowest BCUT2D eigenvalue weighted by Gasteiger charge is -2.49. The van der Waals surface area contributed by atoms with Gasteiger partial charge in [-0.3, -0.25) is 4.99 Å². The summed E-state index contributed by atoms with van der Waals surface area (Å²) in [7, 11) is 6.34. The van der Waals surface area contributed by atoms with E-state index in [4.69, 9.17) is 22.2 Å². The van der Waals surface area contributed by atoms with Gasteiger partial charge in [-0.1, -0.05) is 0 Å².